The van der Waals surface area contributed by atoms with Crippen LogP contribution in [-0.4, -0.2) is 27.7 Å². The fraction of sp³-hybridized carbons (Fsp3) is 0.467. The van der Waals surface area contributed by atoms with Gasteiger partial charge in [-0.3, -0.25) is 0 Å². The average Bonchev–Trinajstić information content (AvgIpc) is 2.43. The molecule has 3 atom stereocenters. The van der Waals surface area contributed by atoms with Crippen LogP contribution in [0.15, 0.2) is 30.3 Å². The van der Waals surface area contributed by atoms with Crippen LogP contribution in [0.2, 0.25) is 0 Å². The zero-order chi connectivity index (χ0) is 13.0. The first-order valence-corrected chi connectivity index (χ1v) is 6.28. The van der Waals surface area contributed by atoms with Gasteiger partial charge in [0, 0.05) is 12.3 Å². The summed E-state index contributed by atoms with van der Waals surface area (Å²) in [7, 11) is 0. The van der Waals surface area contributed by atoms with Crippen molar-refractivity contribution in [3.8, 4) is 0 Å². The van der Waals surface area contributed by atoms with Gasteiger partial charge in [-0.05, 0) is 25.0 Å². The fourth-order valence-electron chi connectivity index (χ4n) is 3.18. The molecule has 1 aromatic rings. The van der Waals surface area contributed by atoms with E-state index in [9.17, 15) is 10.2 Å². The van der Waals surface area contributed by atoms with Crippen LogP contribution in [0.25, 0.3) is 6.08 Å². The van der Waals surface area contributed by atoms with Crippen molar-refractivity contribution in [1.82, 2.24) is 0 Å². The third-order valence-electron chi connectivity index (χ3n) is 4.13. The standard InChI is InChI=1S/C15H18O3/c1-14(2)12-8-7-10-5-3-4-6-11(10)9-15(12,17)13(16)18-14/h3-8,12-13,16-17H,9H2,1-2H3/t12-,13?,15+/m0/s1. The van der Waals surface area contributed by atoms with E-state index in [4.69, 9.17) is 4.74 Å². The van der Waals surface area contributed by atoms with Crippen molar-refractivity contribution in [1.29, 1.82) is 0 Å². The minimum Gasteiger partial charge on any atom is -0.383 e. The van der Waals surface area contributed by atoms with E-state index in [-0.39, 0.29) is 5.92 Å². The molecule has 0 radical (unpaired) electrons. The highest BCUT2D eigenvalue weighted by atomic mass is 16.6. The molecule has 2 N–H and O–H groups in total. The fourth-order valence-corrected chi connectivity index (χ4v) is 3.18. The molecule has 1 aliphatic heterocycles. The third-order valence-corrected chi connectivity index (χ3v) is 4.13. The van der Waals surface area contributed by atoms with E-state index in [1.807, 2.05) is 50.3 Å². The predicted molar refractivity (Wildman–Crippen MR) is 68.8 cm³/mol. The van der Waals surface area contributed by atoms with E-state index < -0.39 is 17.5 Å². The Kier molecular flexibility index (Phi) is 2.43. The van der Waals surface area contributed by atoms with Gasteiger partial charge in [0.15, 0.2) is 6.29 Å². The van der Waals surface area contributed by atoms with Crippen LogP contribution in [-0.2, 0) is 11.2 Å². The third kappa shape index (κ3) is 1.55. The Balaban J connectivity index is 2.11. The Morgan fingerprint density at radius 1 is 1.28 bits per heavy atom. The lowest BCUT2D eigenvalue weighted by molar-refractivity contribution is -0.181. The Labute approximate surface area is 107 Å². The molecule has 96 valence electrons. The molecule has 1 aromatic carbocycles. The first kappa shape index (κ1) is 11.9. The molecule has 1 aliphatic carbocycles. The van der Waals surface area contributed by atoms with Crippen molar-refractivity contribution in [2.24, 2.45) is 5.92 Å². The molecule has 1 fully saturated rings. The molecular weight excluding hydrogens is 228 g/mol. The molecule has 3 heteroatoms. The topological polar surface area (TPSA) is 49.7 Å². The molecule has 0 bridgehead atoms. The Morgan fingerprint density at radius 3 is 2.78 bits per heavy atom. The molecule has 0 spiro atoms. The summed E-state index contributed by atoms with van der Waals surface area (Å²) in [5.41, 5.74) is 0.335. The second-order valence-corrected chi connectivity index (χ2v) is 5.78. The smallest absolute Gasteiger partial charge is 0.185 e. The van der Waals surface area contributed by atoms with E-state index in [2.05, 4.69) is 0 Å². The van der Waals surface area contributed by atoms with Gasteiger partial charge in [-0.25, -0.2) is 0 Å². The SMILES string of the molecule is CC1(C)OC(O)[C@@]2(O)Cc3ccccc3C=C[C@@H]12. The molecule has 1 heterocycles. The van der Waals surface area contributed by atoms with Crippen LogP contribution in [0, 0.1) is 5.92 Å². The number of aliphatic hydroxyl groups is 2. The van der Waals surface area contributed by atoms with E-state index in [0.29, 0.717) is 6.42 Å². The predicted octanol–water partition coefficient (Wildman–Crippen LogP) is 1.73. The maximum absolute atomic E-state index is 10.8. The van der Waals surface area contributed by atoms with Crippen LogP contribution in [0.1, 0.15) is 25.0 Å². The molecule has 3 nitrogen and oxygen atoms in total. The van der Waals surface area contributed by atoms with Gasteiger partial charge < -0.3 is 14.9 Å². The summed E-state index contributed by atoms with van der Waals surface area (Å²) in [6.45, 7) is 3.80. The number of fused-ring (bicyclic) bond motifs is 2. The molecule has 0 aromatic heterocycles. The number of ether oxygens (including phenoxy) is 1. The molecule has 0 amide bonds. The van der Waals surface area contributed by atoms with E-state index >= 15 is 0 Å². The Bertz CT molecular complexity index is 506. The summed E-state index contributed by atoms with van der Waals surface area (Å²) in [4.78, 5) is 0. The summed E-state index contributed by atoms with van der Waals surface area (Å²) in [6.07, 6.45) is 3.24. The van der Waals surface area contributed by atoms with Gasteiger partial charge in [0.1, 0.15) is 5.60 Å². The zero-order valence-corrected chi connectivity index (χ0v) is 10.6. The number of hydrogen-bond donors (Lipinski definition) is 2. The van der Waals surface area contributed by atoms with Gasteiger partial charge >= 0.3 is 0 Å². The van der Waals surface area contributed by atoms with Gasteiger partial charge in [-0.15, -0.1) is 0 Å². The van der Waals surface area contributed by atoms with Crippen LogP contribution in [0.3, 0.4) is 0 Å². The molecule has 1 unspecified atom stereocenters. The first-order valence-electron chi connectivity index (χ1n) is 6.28. The second-order valence-electron chi connectivity index (χ2n) is 5.78. The quantitative estimate of drug-likeness (QED) is 0.733. The first-order chi connectivity index (χ1) is 8.43. The highest BCUT2D eigenvalue weighted by Gasteiger charge is 2.58. The van der Waals surface area contributed by atoms with E-state index in [0.717, 1.165) is 11.1 Å². The van der Waals surface area contributed by atoms with Crippen molar-refractivity contribution >= 4 is 6.08 Å². The van der Waals surface area contributed by atoms with Crippen LogP contribution in [0.4, 0.5) is 0 Å². The summed E-state index contributed by atoms with van der Waals surface area (Å²) in [5, 5.41) is 20.9. The Hall–Kier alpha value is -1.16. The average molecular weight is 246 g/mol. The number of aliphatic hydroxyl groups excluding tert-OH is 1. The van der Waals surface area contributed by atoms with Crippen LogP contribution < -0.4 is 0 Å². The highest BCUT2D eigenvalue weighted by Crippen LogP contribution is 2.46. The lowest BCUT2D eigenvalue weighted by Crippen LogP contribution is -2.46. The number of hydrogen-bond acceptors (Lipinski definition) is 3. The van der Waals surface area contributed by atoms with Gasteiger partial charge in [0.2, 0.25) is 0 Å². The van der Waals surface area contributed by atoms with Crippen LogP contribution >= 0.6 is 0 Å². The zero-order valence-electron chi connectivity index (χ0n) is 10.6. The van der Waals surface area contributed by atoms with Gasteiger partial charge in [0.25, 0.3) is 0 Å². The normalized spacial score (nSPS) is 36.9. The van der Waals surface area contributed by atoms with Crippen molar-refractivity contribution in [3.05, 3.63) is 41.5 Å². The van der Waals surface area contributed by atoms with E-state index in [1.165, 1.54) is 0 Å². The summed E-state index contributed by atoms with van der Waals surface area (Å²) >= 11 is 0. The van der Waals surface area contributed by atoms with E-state index in [1.54, 1.807) is 0 Å². The highest BCUT2D eigenvalue weighted by molar-refractivity contribution is 5.56. The minimum atomic E-state index is -1.24. The lowest BCUT2D eigenvalue weighted by Gasteiger charge is -2.31. The molecule has 1 saturated heterocycles. The summed E-state index contributed by atoms with van der Waals surface area (Å²) < 4.78 is 5.52. The molecule has 18 heavy (non-hydrogen) atoms. The van der Waals surface area contributed by atoms with Gasteiger partial charge in [0.05, 0.1) is 5.60 Å². The van der Waals surface area contributed by atoms with Gasteiger partial charge in [-0.2, -0.15) is 0 Å². The molecule has 0 saturated carbocycles. The van der Waals surface area contributed by atoms with Crippen molar-refractivity contribution in [2.75, 3.05) is 0 Å². The van der Waals surface area contributed by atoms with Crippen LogP contribution in [0.5, 0.6) is 0 Å². The molecule has 2 aliphatic rings. The van der Waals surface area contributed by atoms with Gasteiger partial charge in [-0.1, -0.05) is 36.4 Å². The Morgan fingerprint density at radius 2 is 2.00 bits per heavy atom. The number of benzene rings is 1. The molecule has 3 rings (SSSR count). The number of rotatable bonds is 0. The maximum atomic E-state index is 10.8. The largest absolute Gasteiger partial charge is 0.383 e. The maximum Gasteiger partial charge on any atom is 0.185 e. The molecular formula is C15H18O3. The summed E-state index contributed by atoms with van der Waals surface area (Å²) in [5.74, 6) is -0.215. The monoisotopic (exact) mass is 246 g/mol. The summed E-state index contributed by atoms with van der Waals surface area (Å²) in [6, 6.07) is 7.94. The van der Waals surface area contributed by atoms with Crippen molar-refractivity contribution in [2.45, 2.75) is 37.8 Å². The van der Waals surface area contributed by atoms with Crippen molar-refractivity contribution in [3.63, 3.8) is 0 Å². The lowest BCUT2D eigenvalue weighted by atomic mass is 9.77. The minimum absolute atomic E-state index is 0.215. The second kappa shape index (κ2) is 3.67. The van der Waals surface area contributed by atoms with Crippen molar-refractivity contribution < 1.29 is 14.9 Å².